The van der Waals surface area contributed by atoms with Crippen LogP contribution in [-0.4, -0.2) is 181 Å². The van der Waals surface area contributed by atoms with Crippen LogP contribution in [0.2, 0.25) is 5.02 Å². The van der Waals surface area contributed by atoms with E-state index in [0.29, 0.717) is 49.4 Å². The Morgan fingerprint density at radius 3 is 2.10 bits per heavy atom. The van der Waals surface area contributed by atoms with Crippen molar-refractivity contribution in [2.75, 3.05) is 86.7 Å². The number of halogens is 1. The minimum absolute atomic E-state index is 0.00925. The van der Waals surface area contributed by atoms with E-state index >= 15 is 0 Å². The van der Waals surface area contributed by atoms with Gasteiger partial charge in [-0.1, -0.05) is 95.3 Å². The fourth-order valence-electron chi connectivity index (χ4n) is 9.19. The lowest BCUT2D eigenvalue weighted by molar-refractivity contribution is -0.179. The van der Waals surface area contributed by atoms with Gasteiger partial charge in [0.15, 0.2) is 6.10 Å². The second-order valence-corrected chi connectivity index (χ2v) is 23.7. The fraction of sp³-hybridized carbons (Fsp3) is 0.609. The number of ether oxygens (including phenoxy) is 9. The maximum absolute atomic E-state index is 14.0. The summed E-state index contributed by atoms with van der Waals surface area (Å²) in [7, 11) is 3.07. The molecule has 6 amide bonds. The highest BCUT2D eigenvalue weighted by Crippen LogP contribution is 2.45. The molecule has 8 atom stereocenters. The highest BCUT2D eigenvalue weighted by atomic mass is 35.5. The van der Waals surface area contributed by atoms with Gasteiger partial charge in [0.1, 0.15) is 42.7 Å². The molecule has 2 aromatic carbocycles. The van der Waals surface area contributed by atoms with Crippen LogP contribution >= 0.6 is 11.6 Å². The molecule has 1 saturated heterocycles. The number of nitrogens with zero attached hydrogens (tertiary/aromatic N) is 1. The number of hydrogen-bond acceptors (Lipinski definition) is 18. The number of rotatable bonds is 35. The average Bonchev–Trinajstić information content (AvgIpc) is 2.12. The first-order valence-corrected chi connectivity index (χ1v) is 30.6. The van der Waals surface area contributed by atoms with Gasteiger partial charge in [0.2, 0.25) is 35.4 Å². The fourth-order valence-corrected chi connectivity index (χ4v) is 9.47. The Bertz CT molecular complexity index is 2690. The van der Waals surface area contributed by atoms with Crippen LogP contribution in [0.4, 0.5) is 0 Å². The molecule has 0 aromatic heterocycles. The summed E-state index contributed by atoms with van der Waals surface area (Å²) in [5.41, 5.74) is 0.907. The number of amides is 6. The summed E-state index contributed by atoms with van der Waals surface area (Å²) in [5, 5.41) is 14.1. The van der Waals surface area contributed by atoms with Crippen LogP contribution in [0.25, 0.3) is 0 Å². The SMILES string of the molecule is C=CCOC(=O)CCN(CCC(=O)NC(C(=O)NC(C)C(=O)NCc1ccc([C@H]2O[C@H]2C(C)[C@@H]2C/C=C/C(=O)N[C@H](Cc3ccc(OC)c(Cl)c3)C(=O)NCC(C)(C)C(=O)O[C@@H](CC(C)C)C(=O)O2)cc1)C(C)C)C(=O)CCOCCOCCOCCOC. The Morgan fingerprint density at radius 1 is 0.820 bits per heavy atom. The maximum Gasteiger partial charge on any atom is 0.347 e. The van der Waals surface area contributed by atoms with Gasteiger partial charge in [-0.25, -0.2) is 4.79 Å². The zero-order valence-electron chi connectivity index (χ0n) is 53.2. The second-order valence-electron chi connectivity index (χ2n) is 23.3. The lowest BCUT2D eigenvalue weighted by Gasteiger charge is -2.29. The van der Waals surface area contributed by atoms with Crippen LogP contribution in [0.15, 0.2) is 67.3 Å². The van der Waals surface area contributed by atoms with Gasteiger partial charge < -0.3 is 74.1 Å². The molecule has 1 fully saturated rings. The van der Waals surface area contributed by atoms with E-state index in [1.807, 2.05) is 45.0 Å². The second kappa shape index (κ2) is 38.6. The van der Waals surface area contributed by atoms with Crippen LogP contribution in [0, 0.1) is 23.2 Å². The molecule has 4 rings (SSSR count). The van der Waals surface area contributed by atoms with Gasteiger partial charge in [-0.05, 0) is 73.9 Å². The average molecular weight is 1270 g/mol. The molecule has 0 radical (unpaired) electrons. The molecule has 24 nitrogen and oxygen atoms in total. The van der Waals surface area contributed by atoms with E-state index in [1.165, 1.54) is 31.1 Å². The molecule has 494 valence electrons. The number of methoxy groups -OCH3 is 2. The normalized spacial score (nSPS) is 20.1. The minimum atomic E-state index is -1.29. The Balaban J connectivity index is 1.34. The van der Waals surface area contributed by atoms with Crippen molar-refractivity contribution in [3.63, 3.8) is 0 Å². The molecule has 3 unspecified atom stereocenters. The van der Waals surface area contributed by atoms with E-state index in [2.05, 4.69) is 33.2 Å². The number of hydrogen-bond donors (Lipinski definition) is 5. The van der Waals surface area contributed by atoms with E-state index < -0.39 is 101 Å². The van der Waals surface area contributed by atoms with Gasteiger partial charge >= 0.3 is 17.9 Å². The number of nitrogens with one attached hydrogen (secondary N) is 5. The Kier molecular flexibility index (Phi) is 32.3. The lowest BCUT2D eigenvalue weighted by atomic mass is 9.92. The third-order valence-electron chi connectivity index (χ3n) is 14.6. The Hall–Kier alpha value is -6.96. The first kappa shape index (κ1) is 74.5. The topological polar surface area (TPSA) is 303 Å². The van der Waals surface area contributed by atoms with Crippen LogP contribution < -0.4 is 31.3 Å². The van der Waals surface area contributed by atoms with E-state index in [-0.39, 0.29) is 102 Å². The number of benzene rings is 2. The molecule has 2 aliphatic rings. The van der Waals surface area contributed by atoms with Crippen molar-refractivity contribution in [3.8, 4) is 5.75 Å². The molecule has 25 heteroatoms. The third-order valence-corrected chi connectivity index (χ3v) is 14.9. The zero-order chi connectivity index (χ0) is 65.6. The van der Waals surface area contributed by atoms with Gasteiger partial charge in [0, 0.05) is 58.5 Å². The zero-order valence-corrected chi connectivity index (χ0v) is 53.9. The smallest absolute Gasteiger partial charge is 0.347 e. The molecular weight excluding hydrogens is 1180 g/mol. The van der Waals surface area contributed by atoms with Crippen LogP contribution in [0.5, 0.6) is 5.75 Å². The van der Waals surface area contributed by atoms with Crippen molar-refractivity contribution < 1.29 is 85.8 Å². The van der Waals surface area contributed by atoms with E-state index in [9.17, 15) is 43.2 Å². The van der Waals surface area contributed by atoms with Gasteiger partial charge in [-0.2, -0.15) is 0 Å². The summed E-state index contributed by atoms with van der Waals surface area (Å²) < 4.78 is 49.9. The highest BCUT2D eigenvalue weighted by Gasteiger charge is 2.48. The van der Waals surface area contributed by atoms with E-state index in [0.717, 1.165) is 11.1 Å². The standard InChI is InChI=1S/C64H93ClN6O18/c1-12-27-86-55(75)23-26-71(54(74)24-28-83-31-32-85-34-33-84-30-29-81-10)25-22-53(73)70-56(41(4)5)61(78)68-43(7)59(76)66-38-44-16-19-46(20-17-44)58-57(89-58)42(6)49-14-13-15-52(72)69-48(37-45-18-21-50(82-11)47(65)36-45)60(77)67-39-64(8,9)63(80)88-51(35-40(2)3)62(79)87-49/h12-13,15-21,36,40-43,48-49,51,56-58H,1,14,22-35,37-39H2,2-11H3,(H,66,76)(H,67,77)(H,68,78)(H,69,72)(H,70,73)/b15-13+/t42?,43?,48-,49+,51+,56?,57+,58-/m1/s1. The number of carbonyl (C=O) groups excluding carboxylic acids is 9. The van der Waals surface area contributed by atoms with Gasteiger partial charge in [-0.15, -0.1) is 0 Å². The van der Waals surface area contributed by atoms with Crippen molar-refractivity contribution in [2.24, 2.45) is 23.2 Å². The number of epoxide rings is 1. The first-order valence-electron chi connectivity index (χ1n) is 30.2. The number of carbonyl (C=O) groups is 9. The van der Waals surface area contributed by atoms with E-state index in [1.54, 1.807) is 59.1 Å². The van der Waals surface area contributed by atoms with Crippen molar-refractivity contribution in [3.05, 3.63) is 89.0 Å². The summed E-state index contributed by atoms with van der Waals surface area (Å²) >= 11 is 6.39. The molecule has 0 bridgehead atoms. The molecule has 89 heavy (non-hydrogen) atoms. The molecule has 2 aliphatic heterocycles. The van der Waals surface area contributed by atoms with Gasteiger partial charge in [0.25, 0.3) is 0 Å². The molecule has 0 aliphatic carbocycles. The van der Waals surface area contributed by atoms with Crippen molar-refractivity contribution in [1.82, 2.24) is 31.5 Å². The summed E-state index contributed by atoms with van der Waals surface area (Å²) in [5.74, 6) is -5.56. The highest BCUT2D eigenvalue weighted by molar-refractivity contribution is 6.32. The molecule has 0 saturated carbocycles. The molecule has 2 heterocycles. The first-order chi connectivity index (χ1) is 42.4. The quantitative estimate of drug-likeness (QED) is 0.0203. The predicted molar refractivity (Wildman–Crippen MR) is 329 cm³/mol. The Labute approximate surface area is 527 Å². The van der Waals surface area contributed by atoms with Crippen molar-refractivity contribution in [1.29, 1.82) is 0 Å². The largest absolute Gasteiger partial charge is 0.495 e. The molecular formula is C64H93ClN6O18. The monoisotopic (exact) mass is 1270 g/mol. The van der Waals surface area contributed by atoms with E-state index in [4.69, 9.17) is 54.2 Å². The van der Waals surface area contributed by atoms with Crippen LogP contribution in [0.1, 0.15) is 110 Å². The van der Waals surface area contributed by atoms with Crippen molar-refractivity contribution in [2.45, 2.75) is 143 Å². The maximum atomic E-state index is 14.0. The summed E-state index contributed by atoms with van der Waals surface area (Å²) in [6.45, 7) is 19.6. The van der Waals surface area contributed by atoms with Crippen LogP contribution in [0.3, 0.4) is 0 Å². The molecule has 2 aromatic rings. The number of esters is 3. The summed E-state index contributed by atoms with van der Waals surface area (Å²) in [4.78, 5) is 122. The molecule has 5 N–H and O–H groups in total. The van der Waals surface area contributed by atoms with Crippen molar-refractivity contribution >= 4 is 65.0 Å². The summed E-state index contributed by atoms with van der Waals surface area (Å²) in [6.07, 6.45) is 1.30. The van der Waals surface area contributed by atoms with Gasteiger partial charge in [0.05, 0.1) is 82.7 Å². The Morgan fingerprint density at radius 2 is 1.47 bits per heavy atom. The van der Waals surface area contributed by atoms with Crippen LogP contribution in [-0.2, 0) is 94.0 Å². The number of cyclic esters (lactones) is 2. The lowest BCUT2D eigenvalue weighted by Crippen LogP contribution is -2.54. The predicted octanol–water partition coefficient (Wildman–Crippen LogP) is 4.81. The summed E-state index contributed by atoms with van der Waals surface area (Å²) in [6, 6.07) is 9.29. The third kappa shape index (κ3) is 26.6. The van der Waals surface area contributed by atoms with Gasteiger partial charge in [-0.3, -0.25) is 38.4 Å². The minimum Gasteiger partial charge on any atom is -0.495 e. The molecule has 0 spiro atoms.